The molecule has 2 amide bonds. The van der Waals surface area contributed by atoms with Crippen LogP contribution in [0.5, 0.6) is 0 Å². The monoisotopic (exact) mass is 241 g/mol. The fourth-order valence-corrected chi connectivity index (χ4v) is 2.02. The van der Waals surface area contributed by atoms with Gasteiger partial charge >= 0.3 is 12.0 Å². The summed E-state index contributed by atoms with van der Waals surface area (Å²) in [4.78, 5) is 26.1. The maximum atomic E-state index is 11.8. The van der Waals surface area contributed by atoms with Gasteiger partial charge in [0.25, 0.3) is 0 Å². The van der Waals surface area contributed by atoms with E-state index in [0.717, 1.165) is 25.8 Å². The fraction of sp³-hybridized carbons (Fsp3) is 0.818. The molecule has 0 atom stereocenters. The number of carboxylic acids is 1. The largest absolute Gasteiger partial charge is 0.480 e. The molecule has 6 heteroatoms. The van der Waals surface area contributed by atoms with Crippen LogP contribution in [0.4, 0.5) is 4.79 Å². The van der Waals surface area contributed by atoms with Crippen LogP contribution in [0.1, 0.15) is 19.3 Å². The van der Waals surface area contributed by atoms with E-state index in [2.05, 4.69) is 5.32 Å². The van der Waals surface area contributed by atoms with Crippen LogP contribution >= 0.6 is 0 Å². The van der Waals surface area contributed by atoms with E-state index in [-0.39, 0.29) is 12.6 Å². The molecule has 6 nitrogen and oxygen atoms in total. The van der Waals surface area contributed by atoms with Crippen molar-refractivity contribution >= 4 is 12.0 Å². The number of carbonyl (C=O) groups excluding carboxylic acids is 1. The summed E-state index contributed by atoms with van der Waals surface area (Å²) in [5, 5.41) is 11.7. The van der Waals surface area contributed by atoms with Crippen molar-refractivity contribution < 1.29 is 14.7 Å². The predicted molar refractivity (Wildman–Crippen MR) is 61.8 cm³/mol. The van der Waals surface area contributed by atoms with E-state index in [4.69, 9.17) is 5.11 Å². The van der Waals surface area contributed by atoms with Gasteiger partial charge in [-0.2, -0.15) is 0 Å². The van der Waals surface area contributed by atoms with Gasteiger partial charge < -0.3 is 15.3 Å². The van der Waals surface area contributed by atoms with Crippen LogP contribution in [0, 0.1) is 0 Å². The van der Waals surface area contributed by atoms with Gasteiger partial charge in [-0.1, -0.05) is 0 Å². The van der Waals surface area contributed by atoms with E-state index in [0.29, 0.717) is 25.7 Å². The van der Waals surface area contributed by atoms with Gasteiger partial charge in [0.1, 0.15) is 0 Å². The maximum Gasteiger partial charge on any atom is 0.317 e. The number of rotatable bonds is 3. The summed E-state index contributed by atoms with van der Waals surface area (Å²) in [6, 6.07) is 0.380. The minimum absolute atomic E-state index is 0.00433. The Hall–Kier alpha value is -1.30. The van der Waals surface area contributed by atoms with Crippen molar-refractivity contribution in [2.24, 2.45) is 0 Å². The highest BCUT2D eigenvalue weighted by Gasteiger charge is 2.27. The first-order valence-corrected chi connectivity index (χ1v) is 6.15. The smallest absolute Gasteiger partial charge is 0.317 e. The Kier molecular flexibility index (Phi) is 3.83. The van der Waals surface area contributed by atoms with Crippen LogP contribution in [0.15, 0.2) is 0 Å². The molecular weight excluding hydrogens is 222 g/mol. The number of hydrogen-bond donors (Lipinski definition) is 2. The highest BCUT2D eigenvalue weighted by Crippen LogP contribution is 2.19. The second-order valence-electron chi connectivity index (χ2n) is 4.73. The standard InChI is InChI=1S/C11H19N3O3/c15-10(16)8-13-4-1-5-14(7-6-13)11(17)12-9-2-3-9/h9H,1-8H2,(H,12,17)(H,15,16). The quantitative estimate of drug-likeness (QED) is 0.726. The van der Waals surface area contributed by atoms with Crippen LogP contribution in [0.25, 0.3) is 0 Å². The molecule has 0 bridgehead atoms. The molecule has 1 aliphatic carbocycles. The minimum atomic E-state index is -0.805. The third kappa shape index (κ3) is 3.89. The first kappa shape index (κ1) is 12.2. The number of nitrogens with one attached hydrogen (secondary N) is 1. The van der Waals surface area contributed by atoms with Crippen molar-refractivity contribution in [2.75, 3.05) is 32.7 Å². The normalized spacial score (nSPS) is 22.0. The maximum absolute atomic E-state index is 11.8. The number of carbonyl (C=O) groups is 2. The number of aliphatic carboxylic acids is 1. The van der Waals surface area contributed by atoms with Crippen LogP contribution in [-0.4, -0.2) is 65.7 Å². The molecular formula is C11H19N3O3. The molecule has 0 aromatic heterocycles. The molecule has 96 valence electrons. The third-order valence-electron chi connectivity index (χ3n) is 3.14. The lowest BCUT2D eigenvalue weighted by atomic mass is 10.4. The summed E-state index contributed by atoms with van der Waals surface area (Å²) < 4.78 is 0. The van der Waals surface area contributed by atoms with Gasteiger partial charge in [-0.15, -0.1) is 0 Å². The Morgan fingerprint density at radius 1 is 1.18 bits per heavy atom. The summed E-state index contributed by atoms with van der Waals surface area (Å²) in [6.45, 7) is 2.79. The molecule has 2 rings (SSSR count). The third-order valence-corrected chi connectivity index (χ3v) is 3.14. The summed E-state index contributed by atoms with van der Waals surface area (Å²) >= 11 is 0. The van der Waals surface area contributed by atoms with Gasteiger partial charge in [-0.05, 0) is 19.3 Å². The summed E-state index contributed by atoms with van der Waals surface area (Å²) in [6.07, 6.45) is 3.01. The lowest BCUT2D eigenvalue weighted by molar-refractivity contribution is -0.138. The van der Waals surface area contributed by atoms with Gasteiger partial charge in [0.05, 0.1) is 6.54 Å². The van der Waals surface area contributed by atoms with Gasteiger partial charge in [0.15, 0.2) is 0 Å². The Bertz CT molecular complexity index is 304. The van der Waals surface area contributed by atoms with Gasteiger partial charge in [0, 0.05) is 32.2 Å². The Morgan fingerprint density at radius 3 is 2.59 bits per heavy atom. The summed E-state index contributed by atoms with van der Waals surface area (Å²) in [5.41, 5.74) is 0. The highest BCUT2D eigenvalue weighted by molar-refractivity contribution is 5.75. The molecule has 1 aliphatic heterocycles. The van der Waals surface area contributed by atoms with Crippen LogP contribution < -0.4 is 5.32 Å². The second kappa shape index (κ2) is 5.35. The minimum Gasteiger partial charge on any atom is -0.480 e. The molecule has 0 unspecified atom stereocenters. The zero-order valence-corrected chi connectivity index (χ0v) is 9.89. The lowest BCUT2D eigenvalue weighted by Crippen LogP contribution is -2.43. The Morgan fingerprint density at radius 2 is 1.94 bits per heavy atom. The molecule has 2 aliphatic rings. The molecule has 0 radical (unpaired) electrons. The van der Waals surface area contributed by atoms with Crippen molar-refractivity contribution in [3.63, 3.8) is 0 Å². The number of carboxylic acid groups (broad SMARTS) is 1. The number of hydrogen-bond acceptors (Lipinski definition) is 3. The van der Waals surface area contributed by atoms with Gasteiger partial charge in [-0.3, -0.25) is 9.69 Å². The van der Waals surface area contributed by atoms with Crippen LogP contribution in [0.3, 0.4) is 0 Å². The van der Waals surface area contributed by atoms with Crippen LogP contribution in [-0.2, 0) is 4.79 Å². The van der Waals surface area contributed by atoms with E-state index in [1.165, 1.54) is 0 Å². The van der Waals surface area contributed by atoms with Crippen molar-refractivity contribution in [1.29, 1.82) is 0 Å². The molecule has 1 heterocycles. The van der Waals surface area contributed by atoms with E-state index in [1.54, 1.807) is 4.90 Å². The predicted octanol–water partition coefficient (Wildman–Crippen LogP) is -0.0493. The molecule has 0 spiro atoms. The molecule has 2 fully saturated rings. The average Bonchev–Trinajstić information content (AvgIpc) is 3.04. The zero-order chi connectivity index (χ0) is 12.3. The van der Waals surface area contributed by atoms with E-state index in [9.17, 15) is 9.59 Å². The first-order valence-electron chi connectivity index (χ1n) is 6.15. The Balaban J connectivity index is 1.77. The van der Waals surface area contributed by atoms with Gasteiger partial charge in [-0.25, -0.2) is 4.79 Å². The average molecular weight is 241 g/mol. The molecule has 1 saturated heterocycles. The Labute approximate surface area is 101 Å². The fourth-order valence-electron chi connectivity index (χ4n) is 2.02. The first-order chi connectivity index (χ1) is 8.15. The zero-order valence-electron chi connectivity index (χ0n) is 9.89. The van der Waals surface area contributed by atoms with E-state index < -0.39 is 5.97 Å². The number of nitrogens with zero attached hydrogens (tertiary/aromatic N) is 2. The van der Waals surface area contributed by atoms with Crippen molar-refractivity contribution in [3.8, 4) is 0 Å². The van der Waals surface area contributed by atoms with Gasteiger partial charge in [0.2, 0.25) is 0 Å². The van der Waals surface area contributed by atoms with E-state index in [1.807, 2.05) is 4.90 Å². The topological polar surface area (TPSA) is 72.9 Å². The van der Waals surface area contributed by atoms with Crippen molar-refractivity contribution in [2.45, 2.75) is 25.3 Å². The summed E-state index contributed by atoms with van der Waals surface area (Å²) in [5.74, 6) is -0.805. The molecule has 0 aromatic rings. The van der Waals surface area contributed by atoms with E-state index >= 15 is 0 Å². The van der Waals surface area contributed by atoms with Crippen LogP contribution in [0.2, 0.25) is 0 Å². The number of urea groups is 1. The lowest BCUT2D eigenvalue weighted by Gasteiger charge is -2.21. The number of amides is 2. The second-order valence-corrected chi connectivity index (χ2v) is 4.73. The van der Waals surface area contributed by atoms with Crippen molar-refractivity contribution in [3.05, 3.63) is 0 Å². The summed E-state index contributed by atoms with van der Waals surface area (Å²) in [7, 11) is 0. The molecule has 2 N–H and O–H groups in total. The highest BCUT2D eigenvalue weighted by atomic mass is 16.4. The molecule has 1 saturated carbocycles. The SMILES string of the molecule is O=C(O)CN1CCCN(C(=O)NC2CC2)CC1. The molecule has 0 aromatic carbocycles. The van der Waals surface area contributed by atoms with Crippen molar-refractivity contribution in [1.82, 2.24) is 15.1 Å². The molecule has 17 heavy (non-hydrogen) atoms.